The van der Waals surface area contributed by atoms with Crippen LogP contribution < -0.4 is 10.3 Å². The number of halogens is 4. The summed E-state index contributed by atoms with van der Waals surface area (Å²) >= 11 is 6.53. The van der Waals surface area contributed by atoms with Gasteiger partial charge in [0.25, 0.3) is 5.56 Å². The van der Waals surface area contributed by atoms with Gasteiger partial charge in [-0.15, -0.1) is 0 Å². The maximum absolute atomic E-state index is 13.7. The molecule has 0 N–H and O–H groups in total. The number of pyridine rings is 1. The molecule has 0 saturated heterocycles. The van der Waals surface area contributed by atoms with E-state index in [4.69, 9.17) is 21.3 Å². The molecule has 0 spiro atoms. The zero-order valence-corrected chi connectivity index (χ0v) is 26.7. The lowest BCUT2D eigenvalue weighted by atomic mass is 10.1. The van der Waals surface area contributed by atoms with E-state index in [0.717, 1.165) is 30.3 Å². The first kappa shape index (κ1) is 31.5. The summed E-state index contributed by atoms with van der Waals surface area (Å²) in [6.45, 7) is 3.82. The Morgan fingerprint density at radius 3 is 2.52 bits per heavy atom. The second kappa shape index (κ2) is 12.5. The van der Waals surface area contributed by atoms with Crippen molar-refractivity contribution >= 4 is 22.6 Å². The summed E-state index contributed by atoms with van der Waals surface area (Å²) in [7, 11) is 0. The van der Waals surface area contributed by atoms with Crippen molar-refractivity contribution in [2.24, 2.45) is 0 Å². The van der Waals surface area contributed by atoms with Crippen molar-refractivity contribution < 1.29 is 17.9 Å². The fraction of sp³-hybridized carbons (Fsp3) is 0.257. The third kappa shape index (κ3) is 6.27. The Morgan fingerprint density at radius 2 is 1.79 bits per heavy atom. The monoisotopic (exact) mass is 671 g/mol. The van der Waals surface area contributed by atoms with Crippen LogP contribution >= 0.6 is 11.6 Å². The molecular formula is C35H29ClF3N7O2. The van der Waals surface area contributed by atoms with Gasteiger partial charge >= 0.3 is 6.18 Å². The Kier molecular flexibility index (Phi) is 8.20. The highest BCUT2D eigenvalue weighted by Crippen LogP contribution is 2.44. The van der Waals surface area contributed by atoms with Gasteiger partial charge in [-0.05, 0) is 44.4 Å². The van der Waals surface area contributed by atoms with E-state index < -0.39 is 11.9 Å². The van der Waals surface area contributed by atoms with Crippen LogP contribution in [0.4, 0.5) is 13.2 Å². The Hall–Kier alpha value is -5.10. The Labute approximate surface area is 278 Å². The van der Waals surface area contributed by atoms with Gasteiger partial charge in [0, 0.05) is 46.9 Å². The second-order valence-corrected chi connectivity index (χ2v) is 12.3. The highest BCUT2D eigenvalue weighted by Gasteiger charge is 2.35. The molecule has 0 atom stereocenters. The number of alkyl halides is 3. The molecule has 13 heteroatoms. The van der Waals surface area contributed by atoms with Crippen molar-refractivity contribution in [3.8, 4) is 28.5 Å². The summed E-state index contributed by atoms with van der Waals surface area (Å²) in [6.07, 6.45) is 1.43. The van der Waals surface area contributed by atoms with E-state index in [1.165, 1.54) is 21.5 Å². The van der Waals surface area contributed by atoms with Crippen LogP contribution in [0, 0.1) is 0 Å². The van der Waals surface area contributed by atoms with Gasteiger partial charge in [0.2, 0.25) is 0 Å². The van der Waals surface area contributed by atoms with Crippen LogP contribution in [0.25, 0.3) is 33.8 Å². The topological polar surface area (TPSA) is 101 Å². The Bertz CT molecular complexity index is 2200. The normalized spacial score (nSPS) is 13.4. The number of hydrogen-bond acceptors (Lipinski definition) is 7. The lowest BCUT2D eigenvalue weighted by Gasteiger charge is -2.17. The predicted molar refractivity (Wildman–Crippen MR) is 175 cm³/mol. The van der Waals surface area contributed by atoms with Gasteiger partial charge in [-0.1, -0.05) is 54.1 Å². The largest absolute Gasteiger partial charge is 0.489 e. The Morgan fingerprint density at radius 1 is 1.00 bits per heavy atom. The van der Waals surface area contributed by atoms with Crippen LogP contribution in [0.5, 0.6) is 5.75 Å². The van der Waals surface area contributed by atoms with Crippen molar-refractivity contribution in [2.45, 2.75) is 58.0 Å². The van der Waals surface area contributed by atoms with Gasteiger partial charge in [0.15, 0.2) is 11.5 Å². The summed E-state index contributed by atoms with van der Waals surface area (Å²) in [5.41, 5.74) is 2.35. The van der Waals surface area contributed by atoms with Gasteiger partial charge in [0.05, 0.1) is 17.8 Å². The molecular weight excluding hydrogens is 643 g/mol. The first-order valence-electron chi connectivity index (χ1n) is 15.4. The molecule has 1 aliphatic carbocycles. The average Bonchev–Trinajstić information content (AvgIpc) is 3.81. The van der Waals surface area contributed by atoms with Crippen molar-refractivity contribution in [3.05, 3.63) is 117 Å². The molecule has 48 heavy (non-hydrogen) atoms. The number of benzene rings is 2. The summed E-state index contributed by atoms with van der Waals surface area (Å²) in [4.78, 5) is 35.4. The average molecular weight is 672 g/mol. The lowest BCUT2D eigenvalue weighted by molar-refractivity contribution is -0.140. The third-order valence-corrected chi connectivity index (χ3v) is 8.50. The molecule has 6 aromatic rings. The number of imidazole rings is 1. The summed E-state index contributed by atoms with van der Waals surface area (Å²) in [5.74, 6) is 1.10. The molecule has 244 valence electrons. The zero-order valence-electron chi connectivity index (χ0n) is 25.9. The van der Waals surface area contributed by atoms with Crippen LogP contribution in [0.2, 0.25) is 5.15 Å². The molecule has 4 aromatic heterocycles. The van der Waals surface area contributed by atoms with E-state index in [-0.39, 0.29) is 41.6 Å². The maximum Gasteiger partial charge on any atom is 0.434 e. The summed E-state index contributed by atoms with van der Waals surface area (Å²) in [6, 6.07) is 17.4. The van der Waals surface area contributed by atoms with E-state index in [2.05, 4.69) is 19.9 Å². The number of hydrogen-bond donors (Lipinski definition) is 0. The molecule has 1 aliphatic rings. The number of rotatable bonds is 9. The fourth-order valence-corrected chi connectivity index (χ4v) is 5.82. The molecule has 9 nitrogen and oxygen atoms in total. The SMILES string of the molecule is CC(C)n1cc(C(F)(F)F)nc1-c1ccc(Cn2c(=O)ccc3cnc(-c4c(Cl)ncnc4C4CC4)nc32)c(OCc2ccccc2)c1. The van der Waals surface area contributed by atoms with E-state index in [0.29, 0.717) is 39.3 Å². The number of aromatic nitrogens is 7. The third-order valence-electron chi connectivity index (χ3n) is 8.21. The van der Waals surface area contributed by atoms with Crippen LogP contribution in [-0.4, -0.2) is 34.1 Å². The smallest absolute Gasteiger partial charge is 0.434 e. The standard InChI is InChI=1S/C35H29ClF3N7O2/c1-20(2)45-17-27(35(37,38)39)43-33(45)23-10-11-25(26(14-23)48-18-21-6-4-3-5-7-21)16-46-28(47)13-12-24-15-40-32(44-34(24)46)29-30(22-8-9-22)41-19-42-31(29)36/h3-7,10-15,17,19-20,22H,8-9,16,18H2,1-2H3. The molecule has 2 aromatic carbocycles. The summed E-state index contributed by atoms with van der Waals surface area (Å²) in [5, 5.41) is 0.859. The van der Waals surface area contributed by atoms with Crippen molar-refractivity contribution in [2.75, 3.05) is 0 Å². The lowest BCUT2D eigenvalue weighted by Crippen LogP contribution is -2.21. The molecule has 0 unspecified atom stereocenters. The minimum Gasteiger partial charge on any atom is -0.489 e. The quantitative estimate of drug-likeness (QED) is 0.144. The van der Waals surface area contributed by atoms with Crippen LogP contribution in [0.1, 0.15) is 61.2 Å². The molecule has 4 heterocycles. The van der Waals surface area contributed by atoms with Gasteiger partial charge in [0.1, 0.15) is 35.3 Å². The highest BCUT2D eigenvalue weighted by molar-refractivity contribution is 6.32. The molecule has 0 aliphatic heterocycles. The second-order valence-electron chi connectivity index (χ2n) is 12.0. The van der Waals surface area contributed by atoms with E-state index in [9.17, 15) is 18.0 Å². The van der Waals surface area contributed by atoms with Gasteiger partial charge in [-0.25, -0.2) is 24.9 Å². The zero-order chi connectivity index (χ0) is 33.6. The minimum atomic E-state index is -4.60. The van der Waals surface area contributed by atoms with Crippen LogP contribution in [0.3, 0.4) is 0 Å². The molecule has 0 radical (unpaired) electrons. The minimum absolute atomic E-state index is 0.0535. The molecule has 1 fully saturated rings. The first-order chi connectivity index (χ1) is 23.1. The number of ether oxygens (including phenoxy) is 1. The van der Waals surface area contributed by atoms with Crippen LogP contribution in [0.15, 0.2) is 84.2 Å². The molecule has 1 saturated carbocycles. The van der Waals surface area contributed by atoms with E-state index in [1.807, 2.05) is 30.3 Å². The van der Waals surface area contributed by atoms with E-state index in [1.54, 1.807) is 44.3 Å². The highest BCUT2D eigenvalue weighted by atomic mass is 35.5. The molecule has 0 amide bonds. The van der Waals surface area contributed by atoms with Crippen molar-refractivity contribution in [1.82, 2.24) is 34.1 Å². The maximum atomic E-state index is 13.7. The number of fused-ring (bicyclic) bond motifs is 1. The van der Waals surface area contributed by atoms with Gasteiger partial charge < -0.3 is 9.30 Å². The van der Waals surface area contributed by atoms with E-state index >= 15 is 0 Å². The molecule has 0 bridgehead atoms. The predicted octanol–water partition coefficient (Wildman–Crippen LogP) is 7.87. The summed E-state index contributed by atoms with van der Waals surface area (Å²) < 4.78 is 50.4. The van der Waals surface area contributed by atoms with Crippen LogP contribution in [-0.2, 0) is 19.3 Å². The number of nitrogens with zero attached hydrogens (tertiary/aromatic N) is 7. The fourth-order valence-electron chi connectivity index (χ4n) is 5.60. The van der Waals surface area contributed by atoms with Crippen molar-refractivity contribution in [3.63, 3.8) is 0 Å². The Balaban J connectivity index is 1.33. The first-order valence-corrected chi connectivity index (χ1v) is 15.8. The van der Waals surface area contributed by atoms with Crippen molar-refractivity contribution in [1.29, 1.82) is 0 Å². The van der Waals surface area contributed by atoms with Gasteiger partial charge in [-0.2, -0.15) is 13.2 Å². The van der Waals surface area contributed by atoms with Gasteiger partial charge in [-0.3, -0.25) is 9.36 Å². The molecule has 7 rings (SSSR count).